The number of amides is 1. The van der Waals surface area contributed by atoms with E-state index in [1.54, 1.807) is 36.4 Å². The Kier molecular flexibility index (Phi) is 6.87. The van der Waals surface area contributed by atoms with Crippen LogP contribution in [0.2, 0.25) is 0 Å². The van der Waals surface area contributed by atoms with Gasteiger partial charge < -0.3 is 14.8 Å². The molecule has 1 unspecified atom stereocenters. The number of carbonyl (C=O) groups is 1. The third-order valence-electron chi connectivity index (χ3n) is 6.68. The summed E-state index contributed by atoms with van der Waals surface area (Å²) < 4.78 is 39.6. The number of benzene rings is 3. The standard InChI is InChI=1S/C28H30N2O5S/c1-20(22-12-11-21-7-5-6-8-23(21)17-22)29-28(31)19-30(36(32,33)25-9-3-2-4-10-25)24-13-14-26-27(18-24)35-16-15-34-26/h2-4,9-14,17-18,20H,5-8,15-16,19H2,1H3,(H,29,31). The summed E-state index contributed by atoms with van der Waals surface area (Å²) in [5.41, 5.74) is 4.06. The Morgan fingerprint density at radius 3 is 2.42 bits per heavy atom. The maximum absolute atomic E-state index is 13.6. The zero-order valence-corrected chi connectivity index (χ0v) is 21.1. The lowest BCUT2D eigenvalue weighted by atomic mass is 9.89. The third kappa shape index (κ3) is 5.04. The van der Waals surface area contributed by atoms with Crippen molar-refractivity contribution in [3.05, 3.63) is 83.4 Å². The molecule has 0 saturated heterocycles. The number of anilines is 1. The topological polar surface area (TPSA) is 84.9 Å². The number of nitrogens with one attached hydrogen (secondary N) is 1. The number of sulfonamides is 1. The molecular formula is C28H30N2O5S. The van der Waals surface area contributed by atoms with Crippen molar-refractivity contribution in [3.63, 3.8) is 0 Å². The van der Waals surface area contributed by atoms with Crippen molar-refractivity contribution in [2.24, 2.45) is 0 Å². The predicted molar refractivity (Wildman–Crippen MR) is 138 cm³/mol. The smallest absolute Gasteiger partial charge is 0.264 e. The Labute approximate surface area is 212 Å². The Morgan fingerprint density at radius 2 is 1.64 bits per heavy atom. The molecule has 3 aromatic rings. The van der Waals surface area contributed by atoms with Crippen LogP contribution in [0, 0.1) is 0 Å². The van der Waals surface area contributed by atoms with Crippen LogP contribution in [0.1, 0.15) is 42.5 Å². The molecule has 1 aliphatic heterocycles. The van der Waals surface area contributed by atoms with Gasteiger partial charge in [-0.3, -0.25) is 9.10 Å². The summed E-state index contributed by atoms with van der Waals surface area (Å²) in [4.78, 5) is 13.3. The highest BCUT2D eigenvalue weighted by molar-refractivity contribution is 7.92. The molecule has 0 fully saturated rings. The summed E-state index contributed by atoms with van der Waals surface area (Å²) in [5, 5.41) is 2.99. The number of aryl methyl sites for hydroxylation is 2. The van der Waals surface area contributed by atoms with Crippen LogP contribution in [0.15, 0.2) is 71.6 Å². The van der Waals surface area contributed by atoms with E-state index < -0.39 is 15.9 Å². The number of hydrogen-bond acceptors (Lipinski definition) is 5. The van der Waals surface area contributed by atoms with Crippen LogP contribution >= 0.6 is 0 Å². The van der Waals surface area contributed by atoms with Gasteiger partial charge in [-0.25, -0.2) is 8.42 Å². The number of rotatable bonds is 7. The van der Waals surface area contributed by atoms with Gasteiger partial charge in [0.25, 0.3) is 10.0 Å². The van der Waals surface area contributed by atoms with E-state index in [1.807, 2.05) is 13.0 Å². The monoisotopic (exact) mass is 506 g/mol. The molecule has 1 atom stereocenters. The lowest BCUT2D eigenvalue weighted by molar-refractivity contribution is -0.120. The summed E-state index contributed by atoms with van der Waals surface area (Å²) in [6.07, 6.45) is 4.54. The number of nitrogens with zero attached hydrogens (tertiary/aromatic N) is 1. The second kappa shape index (κ2) is 10.2. The molecule has 5 rings (SSSR count). The molecule has 3 aromatic carbocycles. The maximum atomic E-state index is 13.6. The van der Waals surface area contributed by atoms with Crippen LogP contribution in [-0.2, 0) is 27.7 Å². The highest BCUT2D eigenvalue weighted by atomic mass is 32.2. The van der Waals surface area contributed by atoms with E-state index in [9.17, 15) is 13.2 Å². The first-order valence-corrected chi connectivity index (χ1v) is 13.7. The van der Waals surface area contributed by atoms with E-state index in [0.717, 1.165) is 22.7 Å². The Morgan fingerprint density at radius 1 is 0.917 bits per heavy atom. The first-order chi connectivity index (χ1) is 17.4. The zero-order valence-electron chi connectivity index (χ0n) is 20.3. The normalized spacial score (nSPS) is 15.5. The Hall–Kier alpha value is -3.52. The quantitative estimate of drug-likeness (QED) is 0.513. The van der Waals surface area contributed by atoms with Crippen molar-refractivity contribution in [1.29, 1.82) is 0 Å². The molecule has 8 heteroatoms. The third-order valence-corrected chi connectivity index (χ3v) is 8.47. The highest BCUT2D eigenvalue weighted by Crippen LogP contribution is 2.35. The molecule has 36 heavy (non-hydrogen) atoms. The average Bonchev–Trinajstić information content (AvgIpc) is 2.91. The van der Waals surface area contributed by atoms with Gasteiger partial charge in [-0.15, -0.1) is 0 Å². The lowest BCUT2D eigenvalue weighted by Gasteiger charge is -2.27. The molecule has 1 amide bonds. The molecule has 0 spiro atoms. The molecule has 188 valence electrons. The second-order valence-electron chi connectivity index (χ2n) is 9.18. The molecule has 0 aromatic heterocycles. The van der Waals surface area contributed by atoms with Gasteiger partial charge in [0.15, 0.2) is 11.5 Å². The van der Waals surface area contributed by atoms with E-state index in [-0.39, 0.29) is 17.5 Å². The number of hydrogen-bond donors (Lipinski definition) is 1. The van der Waals surface area contributed by atoms with Gasteiger partial charge in [-0.2, -0.15) is 0 Å². The first kappa shape index (κ1) is 24.2. The van der Waals surface area contributed by atoms with Crippen molar-refractivity contribution in [2.75, 3.05) is 24.1 Å². The van der Waals surface area contributed by atoms with Crippen molar-refractivity contribution in [1.82, 2.24) is 5.32 Å². The van der Waals surface area contributed by atoms with Crippen molar-refractivity contribution in [3.8, 4) is 11.5 Å². The zero-order chi connectivity index (χ0) is 25.1. The fourth-order valence-electron chi connectivity index (χ4n) is 4.75. The van der Waals surface area contributed by atoms with Crippen molar-refractivity contribution >= 4 is 21.6 Å². The molecule has 0 saturated carbocycles. The van der Waals surface area contributed by atoms with E-state index in [1.165, 1.54) is 36.1 Å². The minimum absolute atomic E-state index is 0.107. The van der Waals surface area contributed by atoms with E-state index >= 15 is 0 Å². The number of fused-ring (bicyclic) bond motifs is 2. The summed E-state index contributed by atoms with van der Waals surface area (Å²) in [6, 6.07) is 19.1. The molecule has 0 bridgehead atoms. The van der Waals surface area contributed by atoms with Crippen LogP contribution < -0.4 is 19.1 Å². The fraction of sp³-hybridized carbons (Fsp3) is 0.321. The SMILES string of the molecule is CC(NC(=O)CN(c1ccc2c(c1)OCCO2)S(=O)(=O)c1ccccc1)c1ccc2c(c1)CCCC2. The Bertz CT molecular complexity index is 1360. The van der Waals surface area contributed by atoms with Crippen LogP contribution in [0.25, 0.3) is 0 Å². The van der Waals surface area contributed by atoms with Gasteiger partial charge in [0.1, 0.15) is 19.8 Å². The van der Waals surface area contributed by atoms with Gasteiger partial charge in [0.2, 0.25) is 5.91 Å². The molecule has 7 nitrogen and oxygen atoms in total. The molecule has 0 radical (unpaired) electrons. The van der Waals surface area contributed by atoms with Crippen molar-refractivity contribution in [2.45, 2.75) is 43.5 Å². The number of carbonyl (C=O) groups excluding carboxylic acids is 1. The van der Waals surface area contributed by atoms with Crippen LogP contribution in [-0.4, -0.2) is 34.1 Å². The molecule has 2 aliphatic rings. The minimum Gasteiger partial charge on any atom is -0.486 e. The van der Waals surface area contributed by atoms with Crippen LogP contribution in [0.4, 0.5) is 5.69 Å². The molecular weight excluding hydrogens is 476 g/mol. The fourth-order valence-corrected chi connectivity index (χ4v) is 6.18. The van der Waals surface area contributed by atoms with Gasteiger partial charge in [0.05, 0.1) is 16.6 Å². The molecule has 1 N–H and O–H groups in total. The van der Waals surface area contributed by atoms with Crippen LogP contribution in [0.5, 0.6) is 11.5 Å². The second-order valence-corrected chi connectivity index (χ2v) is 11.0. The first-order valence-electron chi connectivity index (χ1n) is 12.3. The van der Waals surface area contributed by atoms with Crippen LogP contribution in [0.3, 0.4) is 0 Å². The maximum Gasteiger partial charge on any atom is 0.264 e. The largest absolute Gasteiger partial charge is 0.486 e. The molecule has 1 aliphatic carbocycles. The van der Waals surface area contributed by atoms with E-state index in [0.29, 0.717) is 30.4 Å². The Balaban J connectivity index is 1.40. The summed E-state index contributed by atoms with van der Waals surface area (Å²) in [7, 11) is -4.01. The van der Waals surface area contributed by atoms with E-state index in [4.69, 9.17) is 9.47 Å². The van der Waals surface area contributed by atoms with Crippen molar-refractivity contribution < 1.29 is 22.7 Å². The van der Waals surface area contributed by atoms with E-state index in [2.05, 4.69) is 17.4 Å². The minimum atomic E-state index is -4.01. The van der Waals surface area contributed by atoms with Gasteiger partial charge in [0, 0.05) is 6.07 Å². The van der Waals surface area contributed by atoms with Gasteiger partial charge >= 0.3 is 0 Å². The highest BCUT2D eigenvalue weighted by Gasteiger charge is 2.29. The lowest BCUT2D eigenvalue weighted by Crippen LogP contribution is -2.41. The summed E-state index contributed by atoms with van der Waals surface area (Å²) in [5.74, 6) is 0.608. The van der Waals surface area contributed by atoms with Gasteiger partial charge in [-0.05, 0) is 73.6 Å². The van der Waals surface area contributed by atoms with Gasteiger partial charge in [-0.1, -0.05) is 36.4 Å². The number of ether oxygens (including phenoxy) is 2. The summed E-state index contributed by atoms with van der Waals surface area (Å²) in [6.45, 7) is 2.36. The predicted octanol–water partition coefficient (Wildman–Crippen LogP) is 4.41. The average molecular weight is 507 g/mol. The molecule has 1 heterocycles. The summed E-state index contributed by atoms with van der Waals surface area (Å²) >= 11 is 0.